The lowest BCUT2D eigenvalue weighted by molar-refractivity contribution is -0.118. The lowest BCUT2D eigenvalue weighted by Crippen LogP contribution is -2.20. The van der Waals surface area contributed by atoms with Gasteiger partial charge in [-0.1, -0.05) is 30.3 Å². The summed E-state index contributed by atoms with van der Waals surface area (Å²) < 4.78 is 6.29. The minimum Gasteiger partial charge on any atom is -0.483 e. The number of hydrogen-bond donors (Lipinski definition) is 2. The molecule has 2 rings (SSSR count). The molecule has 0 fully saturated rings. The van der Waals surface area contributed by atoms with Gasteiger partial charge in [0, 0.05) is 10.0 Å². The van der Waals surface area contributed by atoms with Crippen LogP contribution in [0.3, 0.4) is 0 Å². The summed E-state index contributed by atoms with van der Waals surface area (Å²) in [7, 11) is 0. The average molecular weight is 350 g/mol. The van der Waals surface area contributed by atoms with Gasteiger partial charge in [-0.3, -0.25) is 4.79 Å². The van der Waals surface area contributed by atoms with Crippen molar-refractivity contribution in [3.05, 3.63) is 58.6 Å². The quantitative estimate of drug-likeness (QED) is 0.868. The number of aliphatic hydroxyl groups excluding tert-OH is 1. The molecule has 2 N–H and O–H groups in total. The largest absolute Gasteiger partial charge is 0.483 e. The SMILES string of the molecule is CC(O)c1ccccc1OCC(=O)Nc1ccccc1Br. The Balaban J connectivity index is 1.97. The van der Waals surface area contributed by atoms with Crippen molar-refractivity contribution in [1.82, 2.24) is 0 Å². The number of hydrogen-bond acceptors (Lipinski definition) is 3. The first-order valence-corrected chi connectivity index (χ1v) is 7.31. The van der Waals surface area contributed by atoms with E-state index in [1.165, 1.54) is 0 Å². The topological polar surface area (TPSA) is 58.6 Å². The minimum atomic E-state index is -0.646. The molecule has 21 heavy (non-hydrogen) atoms. The molecule has 0 saturated carbocycles. The Kier molecular flexibility index (Phi) is 5.36. The number of anilines is 1. The summed E-state index contributed by atoms with van der Waals surface area (Å²) in [4.78, 5) is 11.9. The van der Waals surface area contributed by atoms with Crippen LogP contribution < -0.4 is 10.1 Å². The van der Waals surface area contributed by atoms with Gasteiger partial charge in [-0.25, -0.2) is 0 Å². The number of para-hydroxylation sites is 2. The molecule has 1 amide bonds. The van der Waals surface area contributed by atoms with Crippen LogP contribution in [0.5, 0.6) is 5.75 Å². The van der Waals surface area contributed by atoms with E-state index in [0.29, 0.717) is 17.0 Å². The molecule has 5 heteroatoms. The van der Waals surface area contributed by atoms with Gasteiger partial charge in [0.15, 0.2) is 6.61 Å². The molecule has 4 nitrogen and oxygen atoms in total. The number of carbonyl (C=O) groups excluding carboxylic acids is 1. The summed E-state index contributed by atoms with van der Waals surface area (Å²) in [5, 5.41) is 12.4. The monoisotopic (exact) mass is 349 g/mol. The van der Waals surface area contributed by atoms with Crippen LogP contribution in [-0.4, -0.2) is 17.6 Å². The third-order valence-corrected chi connectivity index (χ3v) is 3.57. The van der Waals surface area contributed by atoms with E-state index >= 15 is 0 Å². The summed E-state index contributed by atoms with van der Waals surface area (Å²) in [6.45, 7) is 1.54. The Morgan fingerprint density at radius 2 is 1.90 bits per heavy atom. The summed E-state index contributed by atoms with van der Waals surface area (Å²) in [6, 6.07) is 14.5. The molecular formula is C16H16BrNO3. The summed E-state index contributed by atoms with van der Waals surface area (Å²) in [5.74, 6) is 0.247. The first kappa shape index (κ1) is 15.5. The number of ether oxygens (including phenoxy) is 1. The molecule has 0 bridgehead atoms. The van der Waals surface area contributed by atoms with E-state index in [9.17, 15) is 9.90 Å². The van der Waals surface area contributed by atoms with Gasteiger partial charge in [-0.05, 0) is 41.1 Å². The molecule has 0 heterocycles. The molecule has 1 atom stereocenters. The van der Waals surface area contributed by atoms with Crippen LogP contribution in [0.2, 0.25) is 0 Å². The highest BCUT2D eigenvalue weighted by Gasteiger charge is 2.11. The Morgan fingerprint density at radius 1 is 1.24 bits per heavy atom. The molecule has 1 unspecified atom stereocenters. The van der Waals surface area contributed by atoms with Crippen LogP contribution >= 0.6 is 15.9 Å². The molecule has 0 radical (unpaired) electrons. The van der Waals surface area contributed by atoms with Gasteiger partial charge in [0.1, 0.15) is 5.75 Å². The molecule has 110 valence electrons. The highest BCUT2D eigenvalue weighted by Crippen LogP contribution is 2.25. The van der Waals surface area contributed by atoms with E-state index in [1.54, 1.807) is 31.2 Å². The molecule has 0 aromatic heterocycles. The standard InChI is InChI=1S/C16H16BrNO3/c1-11(19)12-6-2-5-9-15(12)21-10-16(20)18-14-8-4-3-7-13(14)17/h2-9,11,19H,10H2,1H3,(H,18,20). The zero-order chi connectivity index (χ0) is 15.2. The molecular weight excluding hydrogens is 334 g/mol. The van der Waals surface area contributed by atoms with Crippen LogP contribution in [-0.2, 0) is 4.79 Å². The van der Waals surface area contributed by atoms with E-state index < -0.39 is 6.10 Å². The maximum atomic E-state index is 11.9. The van der Waals surface area contributed by atoms with E-state index in [4.69, 9.17) is 4.74 Å². The van der Waals surface area contributed by atoms with Crippen molar-refractivity contribution in [3.8, 4) is 5.75 Å². The van der Waals surface area contributed by atoms with E-state index in [0.717, 1.165) is 4.47 Å². The number of benzene rings is 2. The molecule has 0 spiro atoms. The third-order valence-electron chi connectivity index (χ3n) is 2.88. The molecule has 0 saturated heterocycles. The normalized spacial score (nSPS) is 11.8. The number of rotatable bonds is 5. The number of amides is 1. The Hall–Kier alpha value is -1.85. The Morgan fingerprint density at radius 3 is 2.62 bits per heavy atom. The van der Waals surface area contributed by atoms with Crippen molar-refractivity contribution in [2.45, 2.75) is 13.0 Å². The molecule has 2 aromatic carbocycles. The second-order valence-corrected chi connectivity index (χ2v) is 5.38. The first-order valence-electron chi connectivity index (χ1n) is 6.52. The number of aliphatic hydroxyl groups is 1. The maximum Gasteiger partial charge on any atom is 0.262 e. The molecule has 2 aromatic rings. The summed E-state index contributed by atoms with van der Waals surface area (Å²) >= 11 is 3.36. The third kappa shape index (κ3) is 4.31. The molecule has 0 aliphatic rings. The molecule has 0 aliphatic carbocycles. The van der Waals surface area contributed by atoms with Crippen LogP contribution in [0.1, 0.15) is 18.6 Å². The summed E-state index contributed by atoms with van der Waals surface area (Å²) in [6.07, 6.45) is -0.646. The summed E-state index contributed by atoms with van der Waals surface area (Å²) in [5.41, 5.74) is 1.35. The fourth-order valence-corrected chi connectivity index (χ4v) is 2.23. The van der Waals surface area contributed by atoms with E-state index in [2.05, 4.69) is 21.2 Å². The number of nitrogens with one attached hydrogen (secondary N) is 1. The minimum absolute atomic E-state index is 0.120. The zero-order valence-corrected chi connectivity index (χ0v) is 13.1. The zero-order valence-electron chi connectivity index (χ0n) is 11.5. The van der Waals surface area contributed by atoms with Gasteiger partial charge in [0.2, 0.25) is 0 Å². The second-order valence-electron chi connectivity index (χ2n) is 4.53. The van der Waals surface area contributed by atoms with Gasteiger partial charge in [0.05, 0.1) is 11.8 Å². The maximum absolute atomic E-state index is 11.9. The predicted molar refractivity (Wildman–Crippen MR) is 85.3 cm³/mol. The van der Waals surface area contributed by atoms with Gasteiger partial charge >= 0.3 is 0 Å². The fraction of sp³-hybridized carbons (Fsp3) is 0.188. The average Bonchev–Trinajstić information content (AvgIpc) is 2.48. The fourth-order valence-electron chi connectivity index (χ4n) is 1.85. The van der Waals surface area contributed by atoms with Crippen molar-refractivity contribution in [3.63, 3.8) is 0 Å². The molecule has 0 aliphatic heterocycles. The van der Waals surface area contributed by atoms with Gasteiger partial charge in [0.25, 0.3) is 5.91 Å². The second kappa shape index (κ2) is 7.24. The van der Waals surface area contributed by atoms with Crippen molar-refractivity contribution in [2.75, 3.05) is 11.9 Å². The lowest BCUT2D eigenvalue weighted by Gasteiger charge is -2.13. The van der Waals surface area contributed by atoms with Gasteiger partial charge in [-0.15, -0.1) is 0 Å². The van der Waals surface area contributed by atoms with Gasteiger partial charge < -0.3 is 15.2 Å². The van der Waals surface area contributed by atoms with Crippen LogP contribution in [0.4, 0.5) is 5.69 Å². The number of carbonyl (C=O) groups is 1. The van der Waals surface area contributed by atoms with Crippen LogP contribution in [0.15, 0.2) is 53.0 Å². The highest BCUT2D eigenvalue weighted by atomic mass is 79.9. The highest BCUT2D eigenvalue weighted by molar-refractivity contribution is 9.10. The number of halogens is 1. The van der Waals surface area contributed by atoms with Crippen molar-refractivity contribution < 1.29 is 14.6 Å². The van der Waals surface area contributed by atoms with E-state index in [1.807, 2.05) is 24.3 Å². The van der Waals surface area contributed by atoms with Crippen molar-refractivity contribution in [1.29, 1.82) is 0 Å². The van der Waals surface area contributed by atoms with Crippen molar-refractivity contribution in [2.24, 2.45) is 0 Å². The first-order chi connectivity index (χ1) is 10.1. The van der Waals surface area contributed by atoms with Crippen LogP contribution in [0.25, 0.3) is 0 Å². The predicted octanol–water partition coefficient (Wildman–Crippen LogP) is 3.52. The van der Waals surface area contributed by atoms with Gasteiger partial charge in [-0.2, -0.15) is 0 Å². The Labute approximate surface area is 131 Å². The van der Waals surface area contributed by atoms with E-state index in [-0.39, 0.29) is 12.5 Å². The van der Waals surface area contributed by atoms with Crippen molar-refractivity contribution >= 4 is 27.5 Å². The van der Waals surface area contributed by atoms with Crippen LogP contribution in [0, 0.1) is 0 Å². The smallest absolute Gasteiger partial charge is 0.262 e. The lowest BCUT2D eigenvalue weighted by atomic mass is 10.1. The Bertz CT molecular complexity index is 628.